The van der Waals surface area contributed by atoms with Gasteiger partial charge in [-0.05, 0) is 43.2 Å². The molecule has 28 heavy (non-hydrogen) atoms. The van der Waals surface area contributed by atoms with E-state index in [1.807, 2.05) is 18.7 Å². The zero-order valence-electron chi connectivity index (χ0n) is 15.5. The number of amides is 1. The second-order valence-electron chi connectivity index (χ2n) is 6.86. The number of carbonyl (C=O) groups excluding carboxylic acids is 1. The van der Waals surface area contributed by atoms with Gasteiger partial charge in [-0.25, -0.2) is 0 Å². The monoisotopic (exact) mass is 439 g/mol. The summed E-state index contributed by atoms with van der Waals surface area (Å²) in [7, 11) is -3.88. The van der Waals surface area contributed by atoms with Crippen LogP contribution in [0.4, 0.5) is 11.4 Å². The highest BCUT2D eigenvalue weighted by atomic mass is 35.5. The summed E-state index contributed by atoms with van der Waals surface area (Å²) in [5.41, 5.74) is 1.03. The van der Waals surface area contributed by atoms with Crippen molar-refractivity contribution in [3.8, 4) is 0 Å². The van der Waals surface area contributed by atoms with Crippen LogP contribution in [0.5, 0.6) is 0 Å². The number of hydrogen-bond donors (Lipinski definition) is 1. The zero-order valence-corrected chi connectivity index (χ0v) is 17.9. The normalized spacial score (nSPS) is 15.2. The van der Waals surface area contributed by atoms with Crippen LogP contribution in [-0.2, 0) is 10.0 Å². The first-order valence-electron chi connectivity index (χ1n) is 8.58. The first kappa shape index (κ1) is 20.6. The number of halogens is 2. The Kier molecular flexibility index (Phi) is 5.70. The Bertz CT molecular complexity index is 1080. The third kappa shape index (κ3) is 4.01. The third-order valence-corrected chi connectivity index (χ3v) is 6.39. The van der Waals surface area contributed by atoms with E-state index in [0.717, 1.165) is 0 Å². The van der Waals surface area contributed by atoms with Crippen LogP contribution < -0.4 is 10.2 Å². The molecule has 1 aliphatic heterocycles. The number of anilines is 2. The Balaban J connectivity index is 1.99. The largest absolute Gasteiger partial charge is 0.328 e. The minimum atomic E-state index is -3.88. The molecule has 2 aromatic rings. The summed E-state index contributed by atoms with van der Waals surface area (Å²) in [5, 5.41) is 3.18. The number of rotatable bonds is 4. The van der Waals surface area contributed by atoms with Crippen LogP contribution in [0.2, 0.25) is 10.0 Å². The molecule has 0 fully saturated rings. The average molecular weight is 440 g/mol. The number of carbonyl (C=O) groups is 1. The Morgan fingerprint density at radius 3 is 2.61 bits per heavy atom. The van der Waals surface area contributed by atoms with E-state index in [2.05, 4.69) is 9.71 Å². The summed E-state index contributed by atoms with van der Waals surface area (Å²) < 4.78 is 29.0. The minimum absolute atomic E-state index is 0.00333. The van der Waals surface area contributed by atoms with Gasteiger partial charge in [0.05, 0.1) is 21.4 Å². The number of fused-ring (bicyclic) bond motifs is 1. The molecule has 1 N–H and O–H groups in total. The number of nitrogens with one attached hydrogen (secondary N) is 1. The van der Waals surface area contributed by atoms with Crippen molar-refractivity contribution in [2.24, 2.45) is 10.3 Å². The molecule has 3 rings (SSSR count). The fourth-order valence-corrected chi connectivity index (χ4v) is 4.53. The van der Waals surface area contributed by atoms with Gasteiger partial charge >= 0.3 is 0 Å². The molecule has 0 saturated heterocycles. The van der Waals surface area contributed by atoms with Crippen molar-refractivity contribution in [1.29, 1.82) is 0 Å². The van der Waals surface area contributed by atoms with Gasteiger partial charge in [0.15, 0.2) is 0 Å². The standard InChI is InChI=1S/C19H19Cl2N3O3S/c1-11(2)10-24-12(3)23-28(26,27)17-9-13(7-8-16(17)24)19(25)22-15-6-4-5-14(20)18(15)21/h4-9,11H,10H2,1-3H3,(H,22,25). The molecule has 0 aromatic heterocycles. The van der Waals surface area contributed by atoms with Gasteiger partial charge < -0.3 is 10.2 Å². The van der Waals surface area contributed by atoms with Crippen LogP contribution in [0.3, 0.4) is 0 Å². The van der Waals surface area contributed by atoms with Gasteiger partial charge in [0.1, 0.15) is 10.7 Å². The van der Waals surface area contributed by atoms with Crippen molar-refractivity contribution in [3.05, 3.63) is 52.0 Å². The molecule has 6 nitrogen and oxygen atoms in total. The molecular weight excluding hydrogens is 421 g/mol. The third-order valence-electron chi connectivity index (χ3n) is 4.18. The smallest absolute Gasteiger partial charge is 0.286 e. The molecule has 0 radical (unpaired) electrons. The molecule has 2 aromatic carbocycles. The predicted octanol–water partition coefficient (Wildman–Crippen LogP) is 4.83. The molecule has 0 saturated carbocycles. The van der Waals surface area contributed by atoms with Crippen LogP contribution in [-0.4, -0.2) is 26.7 Å². The zero-order chi connectivity index (χ0) is 20.6. The number of nitrogens with zero attached hydrogens (tertiary/aromatic N) is 2. The molecule has 1 aliphatic rings. The van der Waals surface area contributed by atoms with Crippen LogP contribution in [0.25, 0.3) is 0 Å². The Labute approximate surface area is 174 Å². The highest BCUT2D eigenvalue weighted by molar-refractivity contribution is 7.90. The second kappa shape index (κ2) is 7.73. The fourth-order valence-electron chi connectivity index (χ4n) is 2.92. The van der Waals surface area contributed by atoms with E-state index in [0.29, 0.717) is 34.7 Å². The van der Waals surface area contributed by atoms with E-state index in [1.54, 1.807) is 37.3 Å². The highest BCUT2D eigenvalue weighted by Gasteiger charge is 2.30. The summed E-state index contributed by atoms with van der Waals surface area (Å²) in [5.74, 6) is 0.208. The highest BCUT2D eigenvalue weighted by Crippen LogP contribution is 2.34. The van der Waals surface area contributed by atoms with Gasteiger partial charge in [-0.3, -0.25) is 4.79 Å². The lowest BCUT2D eigenvalue weighted by Gasteiger charge is -2.30. The van der Waals surface area contributed by atoms with Gasteiger partial charge in [-0.1, -0.05) is 43.1 Å². The van der Waals surface area contributed by atoms with Gasteiger partial charge in [-0.2, -0.15) is 8.42 Å². The summed E-state index contributed by atoms with van der Waals surface area (Å²) in [6.45, 7) is 6.34. The fraction of sp³-hybridized carbons (Fsp3) is 0.263. The second-order valence-corrected chi connectivity index (χ2v) is 9.21. The molecule has 148 valence electrons. The Morgan fingerprint density at radius 2 is 1.93 bits per heavy atom. The quantitative estimate of drug-likeness (QED) is 0.739. The topological polar surface area (TPSA) is 78.8 Å². The van der Waals surface area contributed by atoms with Crippen LogP contribution in [0, 0.1) is 5.92 Å². The molecule has 0 bridgehead atoms. The van der Waals surface area contributed by atoms with E-state index in [9.17, 15) is 13.2 Å². The average Bonchev–Trinajstić information content (AvgIpc) is 2.61. The van der Waals surface area contributed by atoms with E-state index < -0.39 is 15.9 Å². The van der Waals surface area contributed by atoms with Crippen molar-refractivity contribution < 1.29 is 13.2 Å². The van der Waals surface area contributed by atoms with E-state index in [4.69, 9.17) is 23.2 Å². The molecule has 0 aliphatic carbocycles. The number of sulfonamides is 1. The van der Waals surface area contributed by atoms with Crippen molar-refractivity contribution >= 4 is 56.3 Å². The summed E-state index contributed by atoms with van der Waals surface area (Å²) >= 11 is 12.1. The summed E-state index contributed by atoms with van der Waals surface area (Å²) in [4.78, 5) is 14.5. The Morgan fingerprint density at radius 1 is 1.21 bits per heavy atom. The maximum Gasteiger partial charge on any atom is 0.286 e. The summed E-state index contributed by atoms with van der Waals surface area (Å²) in [6.07, 6.45) is 0. The van der Waals surface area contributed by atoms with Crippen molar-refractivity contribution in [1.82, 2.24) is 0 Å². The SMILES string of the molecule is CC1=NS(=O)(=O)c2cc(C(=O)Nc3cccc(Cl)c3Cl)ccc2N1CC(C)C. The lowest BCUT2D eigenvalue weighted by Crippen LogP contribution is -2.36. The molecule has 1 heterocycles. The molecule has 0 unspecified atom stereocenters. The molecule has 0 atom stereocenters. The van der Waals surface area contributed by atoms with Gasteiger partial charge in [0.25, 0.3) is 15.9 Å². The van der Waals surface area contributed by atoms with Crippen LogP contribution >= 0.6 is 23.2 Å². The molecular formula is C19H19Cl2N3O3S. The molecule has 9 heteroatoms. The minimum Gasteiger partial charge on any atom is -0.328 e. The van der Waals surface area contributed by atoms with Crippen molar-refractivity contribution in [2.75, 3.05) is 16.8 Å². The maximum atomic E-state index is 12.6. The van der Waals surface area contributed by atoms with Gasteiger partial charge in [0, 0.05) is 12.1 Å². The van der Waals surface area contributed by atoms with E-state index >= 15 is 0 Å². The molecule has 1 amide bonds. The van der Waals surface area contributed by atoms with Gasteiger partial charge in [0.2, 0.25) is 0 Å². The lowest BCUT2D eigenvalue weighted by atomic mass is 10.1. The van der Waals surface area contributed by atoms with Crippen molar-refractivity contribution in [3.63, 3.8) is 0 Å². The number of amidine groups is 1. The number of benzene rings is 2. The number of hydrogen-bond acceptors (Lipinski definition) is 4. The van der Waals surface area contributed by atoms with Crippen molar-refractivity contribution in [2.45, 2.75) is 25.7 Å². The molecule has 0 spiro atoms. The van der Waals surface area contributed by atoms with E-state index in [1.165, 1.54) is 6.07 Å². The first-order chi connectivity index (χ1) is 13.1. The predicted molar refractivity (Wildman–Crippen MR) is 113 cm³/mol. The Hall–Kier alpha value is -2.09. The maximum absolute atomic E-state index is 12.6. The van der Waals surface area contributed by atoms with E-state index in [-0.39, 0.29) is 15.5 Å². The first-order valence-corrected chi connectivity index (χ1v) is 10.8. The summed E-state index contributed by atoms with van der Waals surface area (Å²) in [6, 6.07) is 9.41. The lowest BCUT2D eigenvalue weighted by molar-refractivity contribution is 0.102. The van der Waals surface area contributed by atoms with Crippen LogP contribution in [0.1, 0.15) is 31.1 Å². The van der Waals surface area contributed by atoms with Gasteiger partial charge in [-0.15, -0.1) is 4.40 Å². The van der Waals surface area contributed by atoms with Crippen LogP contribution in [0.15, 0.2) is 45.7 Å².